The summed E-state index contributed by atoms with van der Waals surface area (Å²) in [5.41, 5.74) is 12.4. The molecule has 130 valence electrons. The molecule has 1 aliphatic carbocycles. The molecule has 3 aromatic rings. The average Bonchev–Trinajstić information content (AvgIpc) is 2.94. The smallest absolute Gasteiger partial charge is 0.262 e. The SMILES string of the molecule is Cn1c(SCc2nc(N)nc(N)n2)nc2sc3c(c2c1=O)CCCC3. The second kappa shape index (κ2) is 6.26. The van der Waals surface area contributed by atoms with Gasteiger partial charge in [0.15, 0.2) is 5.16 Å². The van der Waals surface area contributed by atoms with Gasteiger partial charge in [0.05, 0.1) is 11.1 Å². The lowest BCUT2D eigenvalue weighted by atomic mass is 9.97. The van der Waals surface area contributed by atoms with Crippen molar-refractivity contribution in [3.05, 3.63) is 26.6 Å². The summed E-state index contributed by atoms with van der Waals surface area (Å²) in [6.07, 6.45) is 4.35. The Morgan fingerprint density at radius 3 is 2.60 bits per heavy atom. The number of anilines is 2. The number of nitrogens with two attached hydrogens (primary N) is 2. The van der Waals surface area contributed by atoms with Crippen LogP contribution in [0, 0.1) is 0 Å². The highest BCUT2D eigenvalue weighted by atomic mass is 32.2. The Bertz CT molecular complexity index is 1010. The minimum absolute atomic E-state index is 0.0153. The Hall–Kier alpha value is -2.20. The summed E-state index contributed by atoms with van der Waals surface area (Å²) in [6.45, 7) is 0. The predicted octanol–water partition coefficient (Wildman–Crippen LogP) is 1.52. The summed E-state index contributed by atoms with van der Waals surface area (Å²) in [5, 5.41) is 1.42. The fraction of sp³-hybridized carbons (Fsp3) is 0.400. The number of hydrogen-bond donors (Lipinski definition) is 2. The van der Waals surface area contributed by atoms with Gasteiger partial charge in [-0.3, -0.25) is 9.36 Å². The van der Waals surface area contributed by atoms with Crippen molar-refractivity contribution in [2.45, 2.75) is 36.6 Å². The van der Waals surface area contributed by atoms with E-state index in [9.17, 15) is 4.79 Å². The molecule has 1 aliphatic rings. The van der Waals surface area contributed by atoms with Crippen LogP contribution in [-0.2, 0) is 25.6 Å². The Morgan fingerprint density at radius 2 is 1.84 bits per heavy atom. The van der Waals surface area contributed by atoms with Gasteiger partial charge in [-0.05, 0) is 31.2 Å². The molecule has 0 atom stereocenters. The molecule has 3 aromatic heterocycles. The van der Waals surface area contributed by atoms with Gasteiger partial charge in [-0.15, -0.1) is 11.3 Å². The summed E-state index contributed by atoms with van der Waals surface area (Å²) in [7, 11) is 1.75. The van der Waals surface area contributed by atoms with Crippen LogP contribution < -0.4 is 17.0 Å². The van der Waals surface area contributed by atoms with E-state index in [1.54, 1.807) is 23.0 Å². The molecule has 0 amide bonds. The van der Waals surface area contributed by atoms with Crippen LogP contribution >= 0.6 is 23.1 Å². The Kier molecular flexibility index (Phi) is 4.08. The quantitative estimate of drug-likeness (QED) is 0.521. The molecule has 0 saturated heterocycles. The highest BCUT2D eigenvalue weighted by molar-refractivity contribution is 7.98. The maximum absolute atomic E-state index is 12.8. The van der Waals surface area contributed by atoms with Gasteiger partial charge in [-0.2, -0.15) is 15.0 Å². The molecule has 10 heteroatoms. The molecule has 3 heterocycles. The topological polar surface area (TPSA) is 126 Å². The molecule has 0 unspecified atom stereocenters. The number of nitrogen functional groups attached to an aromatic ring is 2. The molecule has 8 nitrogen and oxygen atoms in total. The van der Waals surface area contributed by atoms with E-state index in [4.69, 9.17) is 16.5 Å². The molecule has 4 rings (SSSR count). The molecule has 0 aromatic carbocycles. The third-order valence-electron chi connectivity index (χ3n) is 4.20. The Morgan fingerprint density at radius 1 is 1.12 bits per heavy atom. The van der Waals surface area contributed by atoms with Crippen molar-refractivity contribution in [3.63, 3.8) is 0 Å². The van der Waals surface area contributed by atoms with Crippen molar-refractivity contribution < 1.29 is 0 Å². The van der Waals surface area contributed by atoms with Gasteiger partial charge in [0.2, 0.25) is 11.9 Å². The first kappa shape index (κ1) is 16.3. The number of rotatable bonds is 3. The fourth-order valence-electron chi connectivity index (χ4n) is 3.05. The number of hydrogen-bond acceptors (Lipinski definition) is 9. The van der Waals surface area contributed by atoms with Crippen LogP contribution in [0.4, 0.5) is 11.9 Å². The average molecular weight is 375 g/mol. The van der Waals surface area contributed by atoms with Crippen molar-refractivity contribution in [3.8, 4) is 0 Å². The van der Waals surface area contributed by atoms with Crippen LogP contribution in [0.5, 0.6) is 0 Å². The first-order valence-electron chi connectivity index (χ1n) is 7.93. The lowest BCUT2D eigenvalue weighted by Crippen LogP contribution is -2.20. The normalized spacial score (nSPS) is 14.0. The van der Waals surface area contributed by atoms with E-state index in [1.165, 1.54) is 28.6 Å². The van der Waals surface area contributed by atoms with Crippen LogP contribution in [0.15, 0.2) is 9.95 Å². The van der Waals surface area contributed by atoms with Gasteiger partial charge < -0.3 is 11.5 Å². The van der Waals surface area contributed by atoms with Crippen LogP contribution in [0.3, 0.4) is 0 Å². The van der Waals surface area contributed by atoms with Crippen molar-refractivity contribution in [1.29, 1.82) is 0 Å². The Labute approximate surface area is 151 Å². The zero-order chi connectivity index (χ0) is 17.6. The molecule has 25 heavy (non-hydrogen) atoms. The van der Waals surface area contributed by atoms with Gasteiger partial charge in [0.1, 0.15) is 10.7 Å². The predicted molar refractivity (Wildman–Crippen MR) is 99.7 cm³/mol. The van der Waals surface area contributed by atoms with Crippen LogP contribution in [0.25, 0.3) is 10.2 Å². The number of thiophene rings is 1. The van der Waals surface area contributed by atoms with Gasteiger partial charge in [-0.1, -0.05) is 11.8 Å². The molecule has 0 aliphatic heterocycles. The van der Waals surface area contributed by atoms with Gasteiger partial charge in [-0.25, -0.2) is 4.98 Å². The summed E-state index contributed by atoms with van der Waals surface area (Å²) >= 11 is 3.03. The molecular formula is C15H17N7OS2. The maximum atomic E-state index is 12.8. The monoisotopic (exact) mass is 375 g/mol. The van der Waals surface area contributed by atoms with E-state index in [0.29, 0.717) is 16.7 Å². The lowest BCUT2D eigenvalue weighted by Gasteiger charge is -2.10. The number of nitrogens with zero attached hydrogens (tertiary/aromatic N) is 5. The number of fused-ring (bicyclic) bond motifs is 3. The summed E-state index contributed by atoms with van der Waals surface area (Å²) in [5.74, 6) is 1.06. The largest absolute Gasteiger partial charge is 0.368 e. The third-order valence-corrected chi connectivity index (χ3v) is 6.41. The minimum Gasteiger partial charge on any atom is -0.368 e. The van der Waals surface area contributed by atoms with E-state index in [1.807, 2.05) is 0 Å². The van der Waals surface area contributed by atoms with Crippen LogP contribution in [-0.4, -0.2) is 24.5 Å². The molecule has 0 bridgehead atoms. The fourth-order valence-corrected chi connectivity index (χ4v) is 5.18. The first-order valence-corrected chi connectivity index (χ1v) is 9.73. The maximum Gasteiger partial charge on any atom is 0.262 e. The van der Waals surface area contributed by atoms with Crippen LogP contribution in [0.1, 0.15) is 29.1 Å². The third kappa shape index (κ3) is 2.95. The van der Waals surface area contributed by atoms with Gasteiger partial charge in [0, 0.05) is 11.9 Å². The van der Waals surface area contributed by atoms with Crippen molar-refractivity contribution in [2.75, 3.05) is 11.5 Å². The molecule has 0 fully saturated rings. The molecule has 4 N–H and O–H groups in total. The lowest BCUT2D eigenvalue weighted by molar-refractivity contribution is 0.695. The zero-order valence-electron chi connectivity index (χ0n) is 13.7. The standard InChI is InChI=1S/C15H17N7OS2/c1-22-12(23)10-7-4-2-3-5-8(7)25-11(10)20-15(22)24-6-9-18-13(16)21-14(17)19-9/h2-6H2,1H3,(H4,16,17,18,19,21). The molecule has 0 spiro atoms. The molecule has 0 saturated carbocycles. The summed E-state index contributed by atoms with van der Waals surface area (Å²) in [6, 6.07) is 0. The molecular weight excluding hydrogens is 358 g/mol. The molecule has 0 radical (unpaired) electrons. The first-order chi connectivity index (χ1) is 12.0. The highest BCUT2D eigenvalue weighted by Crippen LogP contribution is 2.34. The van der Waals surface area contributed by atoms with E-state index in [0.717, 1.165) is 29.5 Å². The second-order valence-electron chi connectivity index (χ2n) is 5.91. The number of aryl methyl sites for hydroxylation is 2. The Balaban J connectivity index is 1.70. The van der Waals surface area contributed by atoms with Crippen molar-refractivity contribution in [1.82, 2.24) is 24.5 Å². The van der Waals surface area contributed by atoms with Gasteiger partial charge in [0.25, 0.3) is 5.56 Å². The van der Waals surface area contributed by atoms with E-state index in [-0.39, 0.29) is 17.5 Å². The minimum atomic E-state index is 0.0153. The van der Waals surface area contributed by atoms with Gasteiger partial charge >= 0.3 is 0 Å². The number of aromatic nitrogens is 5. The second-order valence-corrected chi connectivity index (χ2v) is 7.93. The summed E-state index contributed by atoms with van der Waals surface area (Å²) in [4.78, 5) is 31.6. The number of thioether (sulfide) groups is 1. The van der Waals surface area contributed by atoms with Crippen molar-refractivity contribution >= 4 is 45.2 Å². The highest BCUT2D eigenvalue weighted by Gasteiger charge is 2.21. The summed E-state index contributed by atoms with van der Waals surface area (Å²) < 4.78 is 1.60. The van der Waals surface area contributed by atoms with E-state index >= 15 is 0 Å². The van der Waals surface area contributed by atoms with Crippen molar-refractivity contribution in [2.24, 2.45) is 7.05 Å². The van der Waals surface area contributed by atoms with Crippen LogP contribution in [0.2, 0.25) is 0 Å². The van der Waals surface area contributed by atoms with E-state index in [2.05, 4.69) is 15.0 Å². The van der Waals surface area contributed by atoms with E-state index < -0.39 is 0 Å². The zero-order valence-corrected chi connectivity index (χ0v) is 15.3.